The van der Waals surface area contributed by atoms with E-state index in [2.05, 4.69) is 4.98 Å². The van der Waals surface area contributed by atoms with E-state index in [9.17, 15) is 4.79 Å². The molecule has 1 aliphatic carbocycles. The lowest BCUT2D eigenvalue weighted by Crippen LogP contribution is -2.47. The lowest BCUT2D eigenvalue weighted by atomic mass is 10.00. The number of ether oxygens (including phenoxy) is 1. The molecule has 1 aromatic rings. The molecule has 0 aromatic carbocycles. The number of hydrogen-bond donors (Lipinski definition) is 1. The quantitative estimate of drug-likeness (QED) is 0.850. The number of rotatable bonds is 4. The summed E-state index contributed by atoms with van der Waals surface area (Å²) in [6, 6.07) is 0. The van der Waals surface area contributed by atoms with Gasteiger partial charge in [0.05, 0.1) is 6.61 Å². The molecule has 2 N–H and O–H groups in total. The first kappa shape index (κ1) is 12.9. The van der Waals surface area contributed by atoms with Gasteiger partial charge in [-0.2, -0.15) is 0 Å². The van der Waals surface area contributed by atoms with Gasteiger partial charge in [-0.15, -0.1) is 11.3 Å². The Morgan fingerprint density at radius 1 is 1.82 bits per heavy atom. The van der Waals surface area contributed by atoms with Crippen molar-refractivity contribution < 1.29 is 9.53 Å². The number of esters is 1. The third kappa shape index (κ3) is 3.00. The second-order valence-corrected chi connectivity index (χ2v) is 6.60. The average Bonchev–Trinajstić information content (AvgIpc) is 2.91. The van der Waals surface area contributed by atoms with Crippen LogP contribution in [0.1, 0.15) is 26.2 Å². The highest BCUT2D eigenvalue weighted by molar-refractivity contribution is 8.01. The van der Waals surface area contributed by atoms with Gasteiger partial charge in [0.1, 0.15) is 9.88 Å². The van der Waals surface area contributed by atoms with Gasteiger partial charge in [0.25, 0.3) is 0 Å². The van der Waals surface area contributed by atoms with Crippen molar-refractivity contribution in [2.24, 2.45) is 5.73 Å². The molecule has 1 saturated carbocycles. The van der Waals surface area contributed by atoms with Crippen molar-refractivity contribution in [2.75, 3.05) is 6.61 Å². The number of hydrogen-bond acceptors (Lipinski definition) is 6. The fraction of sp³-hybridized carbons (Fsp3) is 0.636. The van der Waals surface area contributed by atoms with E-state index >= 15 is 0 Å². The van der Waals surface area contributed by atoms with Crippen molar-refractivity contribution in [2.45, 2.75) is 41.3 Å². The Bertz CT molecular complexity index is 383. The number of carbonyl (C=O) groups excluding carboxylic acids is 1. The molecule has 2 atom stereocenters. The van der Waals surface area contributed by atoms with Gasteiger partial charge in [-0.05, 0) is 26.2 Å². The molecule has 6 heteroatoms. The van der Waals surface area contributed by atoms with E-state index in [1.165, 1.54) is 0 Å². The zero-order chi connectivity index (χ0) is 12.3. The Morgan fingerprint density at radius 3 is 3.29 bits per heavy atom. The molecule has 1 fully saturated rings. The molecule has 0 radical (unpaired) electrons. The minimum absolute atomic E-state index is 0.262. The summed E-state index contributed by atoms with van der Waals surface area (Å²) in [5.41, 5.74) is 5.32. The Labute approximate surface area is 109 Å². The van der Waals surface area contributed by atoms with Crippen LogP contribution in [-0.4, -0.2) is 28.3 Å². The summed E-state index contributed by atoms with van der Waals surface area (Å²) in [7, 11) is 0. The smallest absolute Gasteiger partial charge is 0.326 e. The van der Waals surface area contributed by atoms with Crippen molar-refractivity contribution in [1.29, 1.82) is 0 Å². The molecule has 4 nitrogen and oxygen atoms in total. The standard InChI is InChI=1S/C11H16N2O2S2/c1-2-15-9(14)11(12)4-3-8(7-11)17-10-13-5-6-16-10/h5-6,8H,2-4,7,12H2,1H3. The Balaban J connectivity index is 1.92. The molecule has 0 amide bonds. The highest BCUT2D eigenvalue weighted by atomic mass is 32.2. The zero-order valence-electron chi connectivity index (χ0n) is 9.72. The number of thioether (sulfide) groups is 1. The SMILES string of the molecule is CCOC(=O)C1(N)CCC(Sc2nccs2)C1. The molecule has 2 unspecified atom stereocenters. The topological polar surface area (TPSA) is 65.2 Å². The van der Waals surface area contributed by atoms with E-state index in [1.807, 2.05) is 5.38 Å². The molecule has 17 heavy (non-hydrogen) atoms. The van der Waals surface area contributed by atoms with Crippen LogP contribution in [-0.2, 0) is 9.53 Å². The van der Waals surface area contributed by atoms with E-state index in [0.29, 0.717) is 24.7 Å². The fourth-order valence-corrected chi connectivity index (χ4v) is 4.18. The van der Waals surface area contributed by atoms with Crippen LogP contribution in [0.3, 0.4) is 0 Å². The molecular weight excluding hydrogens is 256 g/mol. The van der Waals surface area contributed by atoms with E-state index in [0.717, 1.165) is 10.8 Å². The summed E-state index contributed by atoms with van der Waals surface area (Å²) in [4.78, 5) is 16.0. The molecule has 1 heterocycles. The van der Waals surface area contributed by atoms with Gasteiger partial charge in [0.2, 0.25) is 0 Å². The summed E-state index contributed by atoms with van der Waals surface area (Å²) in [6.45, 7) is 2.19. The monoisotopic (exact) mass is 272 g/mol. The normalized spacial score (nSPS) is 28.2. The maximum absolute atomic E-state index is 11.7. The molecule has 1 aromatic heterocycles. The van der Waals surface area contributed by atoms with Gasteiger partial charge in [-0.3, -0.25) is 4.79 Å². The first-order valence-corrected chi connectivity index (χ1v) is 7.42. The van der Waals surface area contributed by atoms with Crippen molar-refractivity contribution in [3.63, 3.8) is 0 Å². The van der Waals surface area contributed by atoms with Gasteiger partial charge >= 0.3 is 5.97 Å². The summed E-state index contributed by atoms with van der Waals surface area (Å²) >= 11 is 3.34. The minimum Gasteiger partial charge on any atom is -0.465 e. The van der Waals surface area contributed by atoms with Crippen LogP contribution < -0.4 is 5.73 Å². The van der Waals surface area contributed by atoms with Crippen molar-refractivity contribution >= 4 is 29.1 Å². The van der Waals surface area contributed by atoms with Gasteiger partial charge in [0, 0.05) is 16.8 Å². The first-order chi connectivity index (χ1) is 8.14. The number of thiazole rings is 1. The van der Waals surface area contributed by atoms with Crippen molar-refractivity contribution in [3.05, 3.63) is 11.6 Å². The van der Waals surface area contributed by atoms with Crippen molar-refractivity contribution in [3.8, 4) is 0 Å². The Morgan fingerprint density at radius 2 is 2.65 bits per heavy atom. The highest BCUT2D eigenvalue weighted by Gasteiger charge is 2.43. The van der Waals surface area contributed by atoms with Crippen LogP contribution in [0.4, 0.5) is 0 Å². The van der Waals surface area contributed by atoms with Gasteiger partial charge in [0.15, 0.2) is 0 Å². The molecule has 2 rings (SSSR count). The number of carbonyl (C=O) groups is 1. The third-order valence-electron chi connectivity index (χ3n) is 2.86. The Hall–Kier alpha value is -0.590. The minimum atomic E-state index is -0.787. The van der Waals surface area contributed by atoms with Crippen LogP contribution in [0.15, 0.2) is 15.9 Å². The van der Waals surface area contributed by atoms with Gasteiger partial charge in [-0.25, -0.2) is 4.98 Å². The van der Waals surface area contributed by atoms with Crippen LogP contribution in [0.5, 0.6) is 0 Å². The van der Waals surface area contributed by atoms with Gasteiger partial charge < -0.3 is 10.5 Å². The van der Waals surface area contributed by atoms with Crippen LogP contribution in [0.2, 0.25) is 0 Å². The van der Waals surface area contributed by atoms with Crippen molar-refractivity contribution in [1.82, 2.24) is 4.98 Å². The first-order valence-electron chi connectivity index (χ1n) is 5.66. The van der Waals surface area contributed by atoms with E-state index < -0.39 is 5.54 Å². The van der Waals surface area contributed by atoms with Crippen LogP contribution in [0, 0.1) is 0 Å². The molecular formula is C11H16N2O2S2. The maximum Gasteiger partial charge on any atom is 0.326 e. The summed E-state index contributed by atoms with van der Waals surface area (Å²) in [5.74, 6) is -0.262. The molecule has 1 aliphatic rings. The highest BCUT2D eigenvalue weighted by Crippen LogP contribution is 2.40. The maximum atomic E-state index is 11.7. The lowest BCUT2D eigenvalue weighted by Gasteiger charge is -2.21. The van der Waals surface area contributed by atoms with E-state index in [-0.39, 0.29) is 5.97 Å². The number of aromatic nitrogens is 1. The summed E-state index contributed by atoms with van der Waals surface area (Å²) < 4.78 is 6.07. The Kier molecular flexibility index (Phi) is 4.06. The second kappa shape index (κ2) is 5.37. The van der Waals surface area contributed by atoms with Crippen LogP contribution >= 0.6 is 23.1 Å². The molecule has 0 bridgehead atoms. The second-order valence-electron chi connectivity index (χ2n) is 4.16. The molecule has 0 saturated heterocycles. The number of nitrogens with zero attached hydrogens (tertiary/aromatic N) is 1. The fourth-order valence-electron chi connectivity index (χ4n) is 2.00. The zero-order valence-corrected chi connectivity index (χ0v) is 11.4. The predicted molar refractivity (Wildman–Crippen MR) is 69.2 cm³/mol. The molecule has 94 valence electrons. The molecule has 0 aliphatic heterocycles. The van der Waals surface area contributed by atoms with E-state index in [1.54, 1.807) is 36.2 Å². The third-order valence-corrected chi connectivity index (χ3v) is 5.05. The predicted octanol–water partition coefficient (Wildman–Crippen LogP) is 2.05. The summed E-state index contributed by atoms with van der Waals surface area (Å²) in [6.07, 6.45) is 4.12. The van der Waals surface area contributed by atoms with Crippen LogP contribution in [0.25, 0.3) is 0 Å². The number of nitrogens with two attached hydrogens (primary N) is 1. The molecule has 0 spiro atoms. The average molecular weight is 272 g/mol. The largest absolute Gasteiger partial charge is 0.465 e. The summed E-state index contributed by atoms with van der Waals surface area (Å²) in [5, 5.41) is 2.33. The lowest BCUT2D eigenvalue weighted by molar-refractivity contribution is -0.149. The van der Waals surface area contributed by atoms with Gasteiger partial charge in [-0.1, -0.05) is 11.8 Å². The van der Waals surface area contributed by atoms with E-state index in [4.69, 9.17) is 10.5 Å².